The monoisotopic (exact) mass is 395 g/mol. The SMILES string of the molecule is CC(F)(C(F)(F)C(F)(F)C(F)(F)C(F)(F)C(F)(F)F)S(N)(=O)=O. The third kappa shape index (κ3) is 2.72. The van der Waals surface area contributed by atoms with Crippen LogP contribution in [0, 0.1) is 0 Å². The molecule has 0 bridgehead atoms. The fraction of sp³-hybridized carbons (Fsp3) is 1.00. The van der Waals surface area contributed by atoms with Gasteiger partial charge < -0.3 is 0 Å². The first-order valence-corrected chi connectivity index (χ1v) is 6.34. The summed E-state index contributed by atoms with van der Waals surface area (Å²) in [5.41, 5.74) is 0. The van der Waals surface area contributed by atoms with Crippen molar-refractivity contribution in [3.63, 3.8) is 0 Å². The van der Waals surface area contributed by atoms with Gasteiger partial charge in [0.1, 0.15) is 0 Å². The molecule has 16 heteroatoms. The van der Waals surface area contributed by atoms with Crippen molar-refractivity contribution in [1.82, 2.24) is 0 Å². The first-order chi connectivity index (χ1) is 9.50. The van der Waals surface area contributed by atoms with E-state index in [4.69, 9.17) is 0 Å². The summed E-state index contributed by atoms with van der Waals surface area (Å²) in [7, 11) is -6.44. The molecule has 3 nitrogen and oxygen atoms in total. The Morgan fingerprint density at radius 3 is 1.09 bits per heavy atom. The van der Waals surface area contributed by atoms with E-state index in [1.165, 1.54) is 0 Å². The number of sulfonamides is 1. The number of nitrogens with two attached hydrogens (primary N) is 1. The van der Waals surface area contributed by atoms with Gasteiger partial charge in [0.2, 0.25) is 0 Å². The average Bonchev–Trinajstić information content (AvgIpc) is 2.24. The molecule has 2 N–H and O–H groups in total. The Bertz CT molecular complexity index is 562. The van der Waals surface area contributed by atoms with Gasteiger partial charge >= 0.3 is 29.9 Å². The molecular weight excluding hydrogens is 390 g/mol. The van der Waals surface area contributed by atoms with Gasteiger partial charge in [-0.2, -0.15) is 48.3 Å². The van der Waals surface area contributed by atoms with Gasteiger partial charge in [-0.1, -0.05) is 0 Å². The predicted molar refractivity (Wildman–Crippen MR) is 48.5 cm³/mol. The molecule has 1 unspecified atom stereocenters. The van der Waals surface area contributed by atoms with Crippen molar-refractivity contribution in [1.29, 1.82) is 0 Å². The Labute approximate surface area is 119 Å². The Hall–Kier alpha value is -0.930. The smallest absolute Gasteiger partial charge is 0.226 e. The molecule has 0 saturated carbocycles. The molecular formula is C7H5F12NO2S. The summed E-state index contributed by atoms with van der Waals surface area (Å²) in [6.07, 6.45) is -7.44. The zero-order valence-corrected chi connectivity index (χ0v) is 11.2. The van der Waals surface area contributed by atoms with Gasteiger partial charge in [0, 0.05) is 0 Å². The number of hydrogen-bond donors (Lipinski definition) is 1. The normalized spacial score (nSPS) is 18.7. The maximum absolute atomic E-state index is 13.3. The lowest BCUT2D eigenvalue weighted by atomic mass is 9.95. The highest BCUT2D eigenvalue weighted by atomic mass is 32.2. The van der Waals surface area contributed by atoms with Gasteiger partial charge in [-0.25, -0.2) is 17.9 Å². The summed E-state index contributed by atoms with van der Waals surface area (Å²) >= 11 is 0. The lowest BCUT2D eigenvalue weighted by Gasteiger charge is -2.40. The topological polar surface area (TPSA) is 60.2 Å². The first-order valence-electron chi connectivity index (χ1n) is 4.79. The molecule has 140 valence electrons. The molecule has 0 rings (SSSR count). The summed E-state index contributed by atoms with van der Waals surface area (Å²) in [5, 5.41) is -2.03. The van der Waals surface area contributed by atoms with Crippen molar-refractivity contribution in [3.8, 4) is 0 Å². The fourth-order valence-electron chi connectivity index (χ4n) is 1.03. The van der Waals surface area contributed by atoms with Crippen LogP contribution in [0.15, 0.2) is 0 Å². The van der Waals surface area contributed by atoms with Gasteiger partial charge in [0.05, 0.1) is 0 Å². The highest BCUT2D eigenvalue weighted by molar-refractivity contribution is 7.90. The van der Waals surface area contributed by atoms with E-state index in [-0.39, 0.29) is 0 Å². The molecule has 0 aromatic heterocycles. The minimum absolute atomic E-state index is 1.00. The van der Waals surface area contributed by atoms with Crippen LogP contribution in [-0.4, -0.2) is 43.3 Å². The van der Waals surface area contributed by atoms with Gasteiger partial charge in [-0.15, -0.1) is 0 Å². The molecule has 0 aliphatic carbocycles. The highest BCUT2D eigenvalue weighted by Gasteiger charge is 2.90. The molecule has 0 spiro atoms. The van der Waals surface area contributed by atoms with Crippen molar-refractivity contribution in [2.45, 2.75) is 41.8 Å². The summed E-state index contributed by atoms with van der Waals surface area (Å²) in [5.74, 6) is -30.7. The predicted octanol–water partition coefficient (Wildman–Crippen LogP) is 3.06. The van der Waals surface area contributed by atoms with Crippen molar-refractivity contribution < 1.29 is 61.1 Å². The molecule has 23 heavy (non-hydrogen) atoms. The minimum Gasteiger partial charge on any atom is -0.226 e. The second-order valence-electron chi connectivity index (χ2n) is 4.26. The quantitative estimate of drug-likeness (QED) is 0.728. The summed E-state index contributed by atoms with van der Waals surface area (Å²) in [6, 6.07) is 0. The lowest BCUT2D eigenvalue weighted by molar-refractivity contribution is -0.428. The number of hydrogen-bond acceptors (Lipinski definition) is 2. The van der Waals surface area contributed by atoms with Crippen molar-refractivity contribution in [2.75, 3.05) is 0 Å². The average molecular weight is 395 g/mol. The van der Waals surface area contributed by atoms with Gasteiger partial charge in [0.15, 0.2) is 0 Å². The van der Waals surface area contributed by atoms with Gasteiger partial charge in [-0.05, 0) is 6.92 Å². The van der Waals surface area contributed by atoms with E-state index in [9.17, 15) is 61.1 Å². The molecule has 1 atom stereocenters. The second-order valence-corrected chi connectivity index (χ2v) is 6.11. The zero-order valence-electron chi connectivity index (χ0n) is 10.3. The summed E-state index contributed by atoms with van der Waals surface area (Å²) < 4.78 is 172. The van der Waals surface area contributed by atoms with E-state index in [1.54, 1.807) is 0 Å². The van der Waals surface area contributed by atoms with Crippen LogP contribution in [0.4, 0.5) is 52.7 Å². The van der Waals surface area contributed by atoms with E-state index in [0.717, 1.165) is 0 Å². The van der Waals surface area contributed by atoms with E-state index in [2.05, 4.69) is 5.14 Å². The minimum atomic E-state index is -7.92. The Balaban J connectivity index is 6.48. The standard InChI is InChI=1S/C7H5F12NO2S/c1-2(8,23(20,21)22)3(9,10)4(11,12)5(13,14)6(15,16)7(17,18)19/h1H3,(H2,20,21,22). The molecule has 0 aromatic rings. The maximum atomic E-state index is 13.3. The summed E-state index contributed by atoms with van der Waals surface area (Å²) in [6.45, 7) is -1.00. The van der Waals surface area contributed by atoms with Gasteiger partial charge in [0.25, 0.3) is 15.0 Å². The van der Waals surface area contributed by atoms with Crippen molar-refractivity contribution in [2.24, 2.45) is 5.14 Å². The van der Waals surface area contributed by atoms with Crippen LogP contribution in [0.3, 0.4) is 0 Å². The zero-order chi connectivity index (χ0) is 19.5. The summed E-state index contributed by atoms with van der Waals surface area (Å²) in [4.78, 5) is 0. The first kappa shape index (κ1) is 22.1. The van der Waals surface area contributed by atoms with Crippen LogP contribution in [0.1, 0.15) is 6.92 Å². The molecule has 0 heterocycles. The van der Waals surface area contributed by atoms with E-state index < -0.39 is 51.8 Å². The molecule has 0 amide bonds. The largest absolute Gasteiger partial charge is 0.460 e. The maximum Gasteiger partial charge on any atom is 0.460 e. The third-order valence-electron chi connectivity index (χ3n) is 2.63. The van der Waals surface area contributed by atoms with Crippen LogP contribution in [0.25, 0.3) is 0 Å². The molecule has 0 aliphatic rings. The third-order valence-corrected chi connectivity index (χ3v) is 3.96. The number of halogens is 12. The number of primary sulfonamides is 1. The Morgan fingerprint density at radius 1 is 0.609 bits per heavy atom. The second kappa shape index (κ2) is 5.03. The molecule has 0 aromatic carbocycles. The van der Waals surface area contributed by atoms with E-state index in [0.29, 0.717) is 0 Å². The van der Waals surface area contributed by atoms with Crippen molar-refractivity contribution in [3.05, 3.63) is 0 Å². The fourth-order valence-corrected chi connectivity index (χ4v) is 1.52. The van der Waals surface area contributed by atoms with Gasteiger partial charge in [-0.3, -0.25) is 0 Å². The molecule has 0 aliphatic heterocycles. The lowest BCUT2D eigenvalue weighted by Crippen LogP contribution is -2.71. The Morgan fingerprint density at radius 2 is 0.870 bits per heavy atom. The van der Waals surface area contributed by atoms with Crippen LogP contribution in [0.2, 0.25) is 0 Å². The number of alkyl halides is 12. The highest BCUT2D eigenvalue weighted by Crippen LogP contribution is 2.60. The van der Waals surface area contributed by atoms with E-state index >= 15 is 0 Å². The van der Waals surface area contributed by atoms with Crippen molar-refractivity contribution >= 4 is 10.0 Å². The van der Waals surface area contributed by atoms with Crippen LogP contribution < -0.4 is 5.14 Å². The van der Waals surface area contributed by atoms with Crippen LogP contribution in [-0.2, 0) is 10.0 Å². The molecule has 0 fully saturated rings. The van der Waals surface area contributed by atoms with Crippen LogP contribution >= 0.6 is 0 Å². The number of rotatable bonds is 5. The Kier molecular flexibility index (Phi) is 4.83. The van der Waals surface area contributed by atoms with Crippen LogP contribution in [0.5, 0.6) is 0 Å². The molecule has 0 radical (unpaired) electrons. The molecule has 0 saturated heterocycles. The van der Waals surface area contributed by atoms with E-state index in [1.807, 2.05) is 0 Å².